The Labute approximate surface area is 96.3 Å². The van der Waals surface area contributed by atoms with Crippen LogP contribution in [0, 0.1) is 13.8 Å². The lowest BCUT2D eigenvalue weighted by Gasteiger charge is -2.27. The molecule has 2 heteroatoms. The lowest BCUT2D eigenvalue weighted by atomic mass is 9.77. The van der Waals surface area contributed by atoms with Crippen molar-refractivity contribution in [2.24, 2.45) is 0 Å². The minimum Gasteiger partial charge on any atom is -0.481 e. The lowest BCUT2D eigenvalue weighted by molar-refractivity contribution is -0.137. The zero-order chi connectivity index (χ0) is 11.7. The Morgan fingerprint density at radius 2 is 2.06 bits per heavy atom. The van der Waals surface area contributed by atoms with Crippen LogP contribution in [0.3, 0.4) is 0 Å². The Balaban J connectivity index is 2.44. The maximum atomic E-state index is 10.9. The summed E-state index contributed by atoms with van der Waals surface area (Å²) in [4.78, 5) is 10.9. The van der Waals surface area contributed by atoms with E-state index in [-0.39, 0.29) is 12.3 Å². The van der Waals surface area contributed by atoms with Crippen LogP contribution in [0.15, 0.2) is 12.1 Å². The summed E-state index contributed by atoms with van der Waals surface area (Å²) in [5.74, 6) is -0.458. The molecule has 0 heterocycles. The molecule has 0 aromatic heterocycles. The smallest absolute Gasteiger partial charge is 0.303 e. The summed E-state index contributed by atoms with van der Waals surface area (Å²) in [5.41, 5.74) is 5.29. The third kappa shape index (κ3) is 1.97. The molecule has 1 aliphatic carbocycles. The van der Waals surface area contributed by atoms with Crippen molar-refractivity contribution in [1.29, 1.82) is 0 Å². The van der Waals surface area contributed by atoms with Crippen LogP contribution < -0.4 is 0 Å². The van der Waals surface area contributed by atoms with Crippen LogP contribution in [0.25, 0.3) is 0 Å². The van der Waals surface area contributed by atoms with Crippen molar-refractivity contribution < 1.29 is 9.90 Å². The molecule has 0 aliphatic heterocycles. The van der Waals surface area contributed by atoms with E-state index >= 15 is 0 Å². The first-order valence-corrected chi connectivity index (χ1v) is 5.90. The van der Waals surface area contributed by atoms with Gasteiger partial charge >= 0.3 is 5.97 Å². The molecule has 2 rings (SSSR count). The van der Waals surface area contributed by atoms with Gasteiger partial charge in [-0.2, -0.15) is 0 Å². The van der Waals surface area contributed by atoms with Crippen LogP contribution in [-0.2, 0) is 11.2 Å². The molecule has 1 aliphatic rings. The molecular weight excluding hydrogens is 200 g/mol. The normalized spacial score (nSPS) is 19.2. The molecule has 0 saturated heterocycles. The molecule has 0 saturated carbocycles. The van der Waals surface area contributed by atoms with Crippen molar-refractivity contribution in [1.82, 2.24) is 0 Å². The number of aryl methyl sites for hydroxylation is 2. The van der Waals surface area contributed by atoms with Gasteiger partial charge in [-0.15, -0.1) is 0 Å². The molecule has 1 aromatic rings. The molecule has 2 nitrogen and oxygen atoms in total. The van der Waals surface area contributed by atoms with E-state index in [9.17, 15) is 4.79 Å². The number of hydrogen-bond acceptors (Lipinski definition) is 1. The van der Waals surface area contributed by atoms with E-state index in [1.54, 1.807) is 0 Å². The topological polar surface area (TPSA) is 37.3 Å². The number of carbonyl (C=O) groups is 1. The van der Waals surface area contributed by atoms with E-state index in [0.717, 1.165) is 19.3 Å². The first-order chi connectivity index (χ1) is 7.59. The van der Waals surface area contributed by atoms with E-state index in [2.05, 4.69) is 26.0 Å². The van der Waals surface area contributed by atoms with Gasteiger partial charge in [-0.05, 0) is 61.3 Å². The Hall–Kier alpha value is -1.31. The maximum absolute atomic E-state index is 10.9. The standard InChI is InChI=1S/C14H18O2/c1-9-6-7-10(2)14-11(8-13(15)16)4-3-5-12(9)14/h6-7,11H,3-5,8H2,1-2H3,(H,15,16). The number of rotatable bonds is 2. The van der Waals surface area contributed by atoms with Crippen LogP contribution in [-0.4, -0.2) is 11.1 Å². The largest absolute Gasteiger partial charge is 0.481 e. The summed E-state index contributed by atoms with van der Waals surface area (Å²) in [6, 6.07) is 4.27. The van der Waals surface area contributed by atoms with Gasteiger partial charge in [0.1, 0.15) is 0 Å². The molecule has 0 amide bonds. The van der Waals surface area contributed by atoms with Gasteiger partial charge in [0, 0.05) is 0 Å². The fourth-order valence-electron chi connectivity index (χ4n) is 2.88. The summed E-state index contributed by atoms with van der Waals surface area (Å²) in [6.45, 7) is 4.22. The average Bonchev–Trinajstić information content (AvgIpc) is 2.23. The highest BCUT2D eigenvalue weighted by molar-refractivity contribution is 5.68. The SMILES string of the molecule is Cc1ccc(C)c2c1CCCC2CC(=O)O. The summed E-state index contributed by atoms with van der Waals surface area (Å²) in [7, 11) is 0. The number of hydrogen-bond donors (Lipinski definition) is 1. The molecule has 16 heavy (non-hydrogen) atoms. The van der Waals surface area contributed by atoms with Crippen LogP contribution >= 0.6 is 0 Å². The third-order valence-electron chi connectivity index (χ3n) is 3.62. The van der Waals surface area contributed by atoms with Gasteiger partial charge in [0.25, 0.3) is 0 Å². The van der Waals surface area contributed by atoms with Crippen molar-refractivity contribution in [3.8, 4) is 0 Å². The zero-order valence-corrected chi connectivity index (χ0v) is 9.92. The molecule has 1 N–H and O–H groups in total. The summed E-state index contributed by atoms with van der Waals surface area (Å²) >= 11 is 0. The van der Waals surface area contributed by atoms with Gasteiger partial charge < -0.3 is 5.11 Å². The van der Waals surface area contributed by atoms with Gasteiger partial charge in [0.05, 0.1) is 6.42 Å². The van der Waals surface area contributed by atoms with E-state index in [0.29, 0.717) is 0 Å². The van der Waals surface area contributed by atoms with Crippen LogP contribution in [0.5, 0.6) is 0 Å². The van der Waals surface area contributed by atoms with Crippen molar-refractivity contribution in [2.45, 2.75) is 45.4 Å². The number of fused-ring (bicyclic) bond motifs is 1. The van der Waals surface area contributed by atoms with Gasteiger partial charge in [-0.25, -0.2) is 0 Å². The van der Waals surface area contributed by atoms with Crippen molar-refractivity contribution in [2.75, 3.05) is 0 Å². The van der Waals surface area contributed by atoms with Crippen molar-refractivity contribution in [3.63, 3.8) is 0 Å². The van der Waals surface area contributed by atoms with Crippen molar-refractivity contribution in [3.05, 3.63) is 34.4 Å². The molecule has 0 bridgehead atoms. The molecule has 86 valence electrons. The first kappa shape index (κ1) is 11.2. The fourth-order valence-corrected chi connectivity index (χ4v) is 2.88. The minimum atomic E-state index is -0.682. The highest BCUT2D eigenvalue weighted by atomic mass is 16.4. The quantitative estimate of drug-likeness (QED) is 0.827. The summed E-state index contributed by atoms with van der Waals surface area (Å²) < 4.78 is 0. The number of carboxylic acids is 1. The first-order valence-electron chi connectivity index (χ1n) is 5.90. The van der Waals surface area contributed by atoms with E-state index in [4.69, 9.17) is 5.11 Å². The van der Waals surface area contributed by atoms with Crippen LogP contribution in [0.4, 0.5) is 0 Å². The second-order valence-electron chi connectivity index (χ2n) is 4.78. The summed E-state index contributed by atoms with van der Waals surface area (Å²) in [6.07, 6.45) is 3.52. The monoisotopic (exact) mass is 218 g/mol. The number of aliphatic carboxylic acids is 1. The average molecular weight is 218 g/mol. The van der Waals surface area contributed by atoms with Gasteiger partial charge in [0.15, 0.2) is 0 Å². The van der Waals surface area contributed by atoms with E-state index in [1.807, 2.05) is 0 Å². The second-order valence-corrected chi connectivity index (χ2v) is 4.78. The fraction of sp³-hybridized carbons (Fsp3) is 0.500. The van der Waals surface area contributed by atoms with Gasteiger partial charge in [0.2, 0.25) is 0 Å². The molecule has 0 spiro atoms. The van der Waals surface area contributed by atoms with Gasteiger partial charge in [-0.1, -0.05) is 12.1 Å². The predicted octanol–water partition coefficient (Wildman–Crippen LogP) is 3.20. The third-order valence-corrected chi connectivity index (χ3v) is 3.62. The molecule has 1 aromatic carbocycles. The number of benzene rings is 1. The molecule has 1 atom stereocenters. The molecule has 0 radical (unpaired) electrons. The van der Waals surface area contributed by atoms with Crippen LogP contribution in [0.2, 0.25) is 0 Å². The van der Waals surface area contributed by atoms with Crippen LogP contribution in [0.1, 0.15) is 47.4 Å². The lowest BCUT2D eigenvalue weighted by Crippen LogP contribution is -2.16. The van der Waals surface area contributed by atoms with E-state index in [1.165, 1.54) is 22.3 Å². The Kier molecular flexibility index (Phi) is 2.99. The minimum absolute atomic E-state index is 0.223. The highest BCUT2D eigenvalue weighted by Crippen LogP contribution is 2.37. The summed E-state index contributed by atoms with van der Waals surface area (Å²) in [5, 5.41) is 8.95. The van der Waals surface area contributed by atoms with Gasteiger partial charge in [-0.3, -0.25) is 4.79 Å². The molecule has 1 unspecified atom stereocenters. The predicted molar refractivity (Wildman–Crippen MR) is 63.8 cm³/mol. The Bertz CT molecular complexity index is 421. The highest BCUT2D eigenvalue weighted by Gasteiger charge is 2.24. The number of carboxylic acid groups (broad SMARTS) is 1. The molecular formula is C14H18O2. The van der Waals surface area contributed by atoms with E-state index < -0.39 is 5.97 Å². The Morgan fingerprint density at radius 3 is 2.75 bits per heavy atom. The van der Waals surface area contributed by atoms with Crippen molar-refractivity contribution >= 4 is 5.97 Å². The maximum Gasteiger partial charge on any atom is 0.303 e. The molecule has 0 fully saturated rings. The zero-order valence-electron chi connectivity index (χ0n) is 9.92. The Morgan fingerprint density at radius 1 is 1.38 bits per heavy atom. The second kappa shape index (κ2) is 4.28.